The predicted molar refractivity (Wildman–Crippen MR) is 53.0 cm³/mol. The number of hydrogen-bond donors (Lipinski definition) is 2. The lowest BCUT2D eigenvalue weighted by Gasteiger charge is -2.07. The fourth-order valence-corrected chi connectivity index (χ4v) is 1.96. The quantitative estimate of drug-likeness (QED) is 0.726. The zero-order valence-electron chi connectivity index (χ0n) is 7.06. The van der Waals surface area contributed by atoms with Crippen LogP contribution in [0.2, 0.25) is 0 Å². The molecule has 4 heteroatoms. The van der Waals surface area contributed by atoms with Gasteiger partial charge in [-0.3, -0.25) is 0 Å². The summed E-state index contributed by atoms with van der Waals surface area (Å²) in [6.07, 6.45) is 2.28. The van der Waals surface area contributed by atoms with Crippen molar-refractivity contribution in [1.82, 2.24) is 0 Å². The minimum Gasteiger partial charge on any atom is -0.478 e. The third kappa shape index (κ3) is 2.17. The minimum absolute atomic E-state index is 0.255. The van der Waals surface area contributed by atoms with E-state index in [1.165, 1.54) is 11.3 Å². The van der Waals surface area contributed by atoms with E-state index in [4.69, 9.17) is 10.8 Å². The van der Waals surface area contributed by atoms with Gasteiger partial charge in [-0.1, -0.05) is 6.08 Å². The molecule has 3 N–H and O–H groups in total. The van der Waals surface area contributed by atoms with E-state index in [2.05, 4.69) is 6.58 Å². The third-order valence-corrected chi connectivity index (χ3v) is 2.50. The maximum absolute atomic E-state index is 10.7. The van der Waals surface area contributed by atoms with Gasteiger partial charge in [0.1, 0.15) is 0 Å². The van der Waals surface area contributed by atoms with E-state index in [-0.39, 0.29) is 6.04 Å². The van der Waals surface area contributed by atoms with Crippen LogP contribution in [0, 0.1) is 0 Å². The van der Waals surface area contributed by atoms with Crippen molar-refractivity contribution in [3.63, 3.8) is 0 Å². The smallest absolute Gasteiger partial charge is 0.336 e. The highest BCUT2D eigenvalue weighted by Gasteiger charge is 2.15. The highest BCUT2D eigenvalue weighted by atomic mass is 32.1. The van der Waals surface area contributed by atoms with Crippen LogP contribution in [0.1, 0.15) is 28.4 Å². The van der Waals surface area contributed by atoms with Gasteiger partial charge in [0.05, 0.1) is 5.56 Å². The first-order chi connectivity index (χ1) is 6.16. The summed E-state index contributed by atoms with van der Waals surface area (Å²) in [5.41, 5.74) is 6.76. The summed E-state index contributed by atoms with van der Waals surface area (Å²) >= 11 is 1.35. The molecule has 1 heterocycles. The van der Waals surface area contributed by atoms with Crippen LogP contribution in [0.25, 0.3) is 0 Å². The molecule has 70 valence electrons. The van der Waals surface area contributed by atoms with E-state index in [0.29, 0.717) is 17.5 Å². The third-order valence-electron chi connectivity index (χ3n) is 1.74. The number of hydrogen-bond acceptors (Lipinski definition) is 3. The van der Waals surface area contributed by atoms with Crippen LogP contribution in [0.4, 0.5) is 0 Å². The van der Waals surface area contributed by atoms with Gasteiger partial charge in [-0.2, -0.15) is 11.3 Å². The summed E-state index contributed by atoms with van der Waals surface area (Å²) in [5.74, 6) is -0.921. The summed E-state index contributed by atoms with van der Waals surface area (Å²) < 4.78 is 0. The number of aromatic carboxylic acids is 1. The molecule has 1 rings (SSSR count). The van der Waals surface area contributed by atoms with Gasteiger partial charge in [-0.15, -0.1) is 6.58 Å². The molecule has 1 aromatic rings. The molecule has 13 heavy (non-hydrogen) atoms. The van der Waals surface area contributed by atoms with Crippen molar-refractivity contribution in [3.05, 3.63) is 34.5 Å². The molecular formula is C9H11NO2S. The molecule has 1 atom stereocenters. The predicted octanol–water partition coefficient (Wildman–Crippen LogP) is 2.02. The van der Waals surface area contributed by atoms with Crippen LogP contribution < -0.4 is 5.73 Å². The monoisotopic (exact) mass is 197 g/mol. The summed E-state index contributed by atoms with van der Waals surface area (Å²) in [6.45, 7) is 3.56. The van der Waals surface area contributed by atoms with Crippen molar-refractivity contribution in [3.8, 4) is 0 Å². The Morgan fingerprint density at radius 1 is 1.77 bits per heavy atom. The molecule has 0 amide bonds. The molecule has 0 bridgehead atoms. The first-order valence-corrected chi connectivity index (χ1v) is 4.77. The Morgan fingerprint density at radius 3 is 3.00 bits per heavy atom. The van der Waals surface area contributed by atoms with E-state index in [1.54, 1.807) is 16.8 Å². The first kappa shape index (κ1) is 9.95. The summed E-state index contributed by atoms with van der Waals surface area (Å²) in [7, 11) is 0. The molecule has 0 radical (unpaired) electrons. The summed E-state index contributed by atoms with van der Waals surface area (Å²) in [4.78, 5) is 10.7. The van der Waals surface area contributed by atoms with Crippen molar-refractivity contribution >= 4 is 17.3 Å². The average Bonchev–Trinajstić information content (AvgIpc) is 2.52. The molecule has 0 aliphatic heterocycles. The molecule has 0 unspecified atom stereocenters. The van der Waals surface area contributed by atoms with Crippen LogP contribution in [0.3, 0.4) is 0 Å². The minimum atomic E-state index is -0.921. The SMILES string of the molecule is C=CC[C@@H](N)c1cscc1C(=O)O. The second-order valence-electron chi connectivity index (χ2n) is 2.68. The number of carboxylic acid groups (broad SMARTS) is 1. The van der Waals surface area contributed by atoms with Gasteiger partial charge in [0.15, 0.2) is 0 Å². The molecule has 0 aromatic carbocycles. The van der Waals surface area contributed by atoms with E-state index < -0.39 is 5.97 Å². The van der Waals surface area contributed by atoms with Gasteiger partial charge < -0.3 is 10.8 Å². The number of carboxylic acids is 1. The maximum Gasteiger partial charge on any atom is 0.336 e. The topological polar surface area (TPSA) is 63.3 Å². The Morgan fingerprint density at radius 2 is 2.46 bits per heavy atom. The van der Waals surface area contributed by atoms with Crippen LogP contribution >= 0.6 is 11.3 Å². The Labute approximate surface area is 80.5 Å². The van der Waals surface area contributed by atoms with Gasteiger partial charge in [0.25, 0.3) is 0 Å². The van der Waals surface area contributed by atoms with Crippen LogP contribution in [0.15, 0.2) is 23.4 Å². The Bertz CT molecular complexity index is 319. The van der Waals surface area contributed by atoms with Crippen LogP contribution in [0.5, 0.6) is 0 Å². The van der Waals surface area contributed by atoms with E-state index >= 15 is 0 Å². The van der Waals surface area contributed by atoms with Gasteiger partial charge >= 0.3 is 5.97 Å². The Balaban J connectivity index is 2.92. The zero-order chi connectivity index (χ0) is 9.84. The van der Waals surface area contributed by atoms with Gasteiger partial charge in [0, 0.05) is 11.4 Å². The fraction of sp³-hybridized carbons (Fsp3) is 0.222. The highest BCUT2D eigenvalue weighted by molar-refractivity contribution is 7.08. The number of carbonyl (C=O) groups is 1. The molecule has 0 saturated heterocycles. The molecule has 0 saturated carbocycles. The molecular weight excluding hydrogens is 186 g/mol. The molecule has 0 fully saturated rings. The normalized spacial score (nSPS) is 12.4. The van der Waals surface area contributed by atoms with E-state index in [0.717, 1.165) is 0 Å². The summed E-state index contributed by atoms with van der Waals surface area (Å²) in [5, 5.41) is 12.2. The maximum atomic E-state index is 10.7. The highest BCUT2D eigenvalue weighted by Crippen LogP contribution is 2.23. The molecule has 3 nitrogen and oxygen atoms in total. The van der Waals surface area contributed by atoms with E-state index in [9.17, 15) is 4.79 Å². The van der Waals surface area contributed by atoms with Crippen molar-refractivity contribution in [2.45, 2.75) is 12.5 Å². The van der Waals surface area contributed by atoms with Crippen LogP contribution in [-0.4, -0.2) is 11.1 Å². The number of rotatable bonds is 4. The lowest BCUT2D eigenvalue weighted by molar-refractivity contribution is 0.0696. The molecule has 0 aliphatic carbocycles. The first-order valence-electron chi connectivity index (χ1n) is 3.82. The lowest BCUT2D eigenvalue weighted by atomic mass is 10.0. The zero-order valence-corrected chi connectivity index (χ0v) is 7.88. The Hall–Kier alpha value is -1.13. The van der Waals surface area contributed by atoms with Gasteiger partial charge in [-0.25, -0.2) is 4.79 Å². The fourth-order valence-electron chi connectivity index (χ4n) is 1.07. The largest absolute Gasteiger partial charge is 0.478 e. The summed E-state index contributed by atoms with van der Waals surface area (Å²) in [6, 6.07) is -0.255. The lowest BCUT2D eigenvalue weighted by Crippen LogP contribution is -2.12. The second kappa shape index (κ2) is 4.20. The van der Waals surface area contributed by atoms with Crippen molar-refractivity contribution in [2.24, 2.45) is 5.73 Å². The second-order valence-corrected chi connectivity index (χ2v) is 3.42. The molecule has 1 aromatic heterocycles. The van der Waals surface area contributed by atoms with Crippen molar-refractivity contribution in [1.29, 1.82) is 0 Å². The van der Waals surface area contributed by atoms with Crippen molar-refractivity contribution < 1.29 is 9.90 Å². The van der Waals surface area contributed by atoms with Crippen LogP contribution in [-0.2, 0) is 0 Å². The van der Waals surface area contributed by atoms with Crippen molar-refractivity contribution in [2.75, 3.05) is 0 Å². The Kier molecular flexibility index (Phi) is 3.22. The number of thiophene rings is 1. The average molecular weight is 197 g/mol. The van der Waals surface area contributed by atoms with Gasteiger partial charge in [0.2, 0.25) is 0 Å². The number of nitrogens with two attached hydrogens (primary N) is 1. The van der Waals surface area contributed by atoms with Gasteiger partial charge in [-0.05, 0) is 17.4 Å². The van der Waals surface area contributed by atoms with E-state index in [1.807, 2.05) is 0 Å². The standard InChI is InChI=1S/C9H11NO2S/c1-2-3-8(10)6-4-13-5-7(6)9(11)12/h2,4-5,8H,1,3,10H2,(H,11,12)/t8-/m1/s1. The molecule has 0 spiro atoms. The molecule has 0 aliphatic rings.